The van der Waals surface area contributed by atoms with Crippen molar-refractivity contribution >= 4 is 27.5 Å². The van der Waals surface area contributed by atoms with Gasteiger partial charge in [0.05, 0.1) is 0 Å². The summed E-state index contributed by atoms with van der Waals surface area (Å²) < 4.78 is 6.51. The Bertz CT molecular complexity index is 473. The zero-order valence-electron chi connectivity index (χ0n) is 8.36. The van der Waals surface area contributed by atoms with Crippen LogP contribution in [0.25, 0.3) is 0 Å². The molecule has 0 bridgehead atoms. The smallest absolute Gasteiger partial charge is 0.219 e. The largest absolute Gasteiger partial charge is 0.439 e. The third-order valence-corrected chi connectivity index (χ3v) is 2.75. The molecule has 2 aromatic rings. The van der Waals surface area contributed by atoms with E-state index in [1.807, 2.05) is 30.3 Å². The minimum atomic E-state index is 0.477. The highest BCUT2D eigenvalue weighted by atomic mass is 79.9. The third kappa shape index (κ3) is 2.97. The molecular formula is C12H9BrClNO. The van der Waals surface area contributed by atoms with Gasteiger partial charge >= 0.3 is 0 Å². The molecule has 2 nitrogen and oxygen atoms in total. The van der Waals surface area contributed by atoms with Crippen molar-refractivity contribution in [1.29, 1.82) is 0 Å². The molecule has 0 radical (unpaired) electrons. The second-order valence-electron chi connectivity index (χ2n) is 3.20. The standard InChI is InChI=1S/C12H9BrClNO/c13-10-4-5-12(15-8-10)16-11-3-1-2-9(6-11)7-14/h1-6,8H,7H2. The van der Waals surface area contributed by atoms with Crippen molar-refractivity contribution in [2.24, 2.45) is 0 Å². The first-order valence-corrected chi connectivity index (χ1v) is 6.05. The second kappa shape index (κ2) is 5.32. The molecule has 0 saturated heterocycles. The zero-order valence-corrected chi connectivity index (χ0v) is 10.7. The Morgan fingerprint density at radius 3 is 2.81 bits per heavy atom. The molecule has 0 aliphatic heterocycles. The minimum absolute atomic E-state index is 0.477. The molecule has 0 saturated carbocycles. The quantitative estimate of drug-likeness (QED) is 0.785. The van der Waals surface area contributed by atoms with Crippen LogP contribution in [0.5, 0.6) is 11.6 Å². The van der Waals surface area contributed by atoms with E-state index in [9.17, 15) is 0 Å². The number of pyridine rings is 1. The van der Waals surface area contributed by atoms with Crippen molar-refractivity contribution in [2.75, 3.05) is 0 Å². The fourth-order valence-electron chi connectivity index (χ4n) is 1.24. The van der Waals surface area contributed by atoms with Crippen LogP contribution in [-0.2, 0) is 5.88 Å². The van der Waals surface area contributed by atoms with Gasteiger partial charge in [-0.2, -0.15) is 0 Å². The van der Waals surface area contributed by atoms with Gasteiger partial charge in [-0.3, -0.25) is 0 Å². The van der Waals surface area contributed by atoms with E-state index < -0.39 is 0 Å². The summed E-state index contributed by atoms with van der Waals surface area (Å²) in [7, 11) is 0. The monoisotopic (exact) mass is 297 g/mol. The summed E-state index contributed by atoms with van der Waals surface area (Å²) in [6.45, 7) is 0. The third-order valence-electron chi connectivity index (χ3n) is 1.98. The predicted octanol–water partition coefficient (Wildman–Crippen LogP) is 4.38. The predicted molar refractivity (Wildman–Crippen MR) is 68.0 cm³/mol. The number of ether oxygens (including phenoxy) is 1. The van der Waals surface area contributed by atoms with Gasteiger partial charge in [-0.15, -0.1) is 11.6 Å². The number of rotatable bonds is 3. The van der Waals surface area contributed by atoms with E-state index in [1.165, 1.54) is 0 Å². The van der Waals surface area contributed by atoms with Gasteiger partial charge in [-0.25, -0.2) is 4.98 Å². The van der Waals surface area contributed by atoms with Gasteiger partial charge in [-0.1, -0.05) is 12.1 Å². The molecule has 0 spiro atoms. The van der Waals surface area contributed by atoms with Gasteiger partial charge < -0.3 is 4.74 Å². The van der Waals surface area contributed by atoms with Crippen LogP contribution >= 0.6 is 27.5 Å². The van der Waals surface area contributed by atoms with Gasteiger partial charge in [0.2, 0.25) is 5.88 Å². The summed E-state index contributed by atoms with van der Waals surface area (Å²) in [6, 6.07) is 11.3. The molecule has 0 amide bonds. The average Bonchev–Trinajstić information content (AvgIpc) is 2.32. The van der Waals surface area contributed by atoms with Gasteiger partial charge in [0.15, 0.2) is 0 Å². The van der Waals surface area contributed by atoms with Gasteiger partial charge in [0, 0.05) is 22.6 Å². The van der Waals surface area contributed by atoms with Crippen molar-refractivity contribution in [2.45, 2.75) is 5.88 Å². The molecule has 0 unspecified atom stereocenters. The first kappa shape index (κ1) is 11.4. The highest BCUT2D eigenvalue weighted by Crippen LogP contribution is 2.22. The number of hydrogen-bond acceptors (Lipinski definition) is 2. The van der Waals surface area contributed by atoms with Crippen molar-refractivity contribution in [3.8, 4) is 11.6 Å². The topological polar surface area (TPSA) is 22.1 Å². The molecule has 1 aromatic heterocycles. The maximum atomic E-state index is 5.75. The highest BCUT2D eigenvalue weighted by Gasteiger charge is 1.99. The molecule has 0 fully saturated rings. The summed E-state index contributed by atoms with van der Waals surface area (Å²) in [4.78, 5) is 4.13. The minimum Gasteiger partial charge on any atom is -0.439 e. The molecule has 0 N–H and O–H groups in total. The number of benzene rings is 1. The highest BCUT2D eigenvalue weighted by molar-refractivity contribution is 9.10. The molecule has 2 rings (SSSR count). The number of aromatic nitrogens is 1. The fraction of sp³-hybridized carbons (Fsp3) is 0.0833. The van der Waals surface area contributed by atoms with Crippen molar-refractivity contribution in [3.05, 3.63) is 52.6 Å². The van der Waals surface area contributed by atoms with Crippen molar-refractivity contribution in [3.63, 3.8) is 0 Å². The van der Waals surface area contributed by atoms with Crippen LogP contribution in [0.4, 0.5) is 0 Å². The Balaban J connectivity index is 2.16. The Hall–Kier alpha value is -1.06. The van der Waals surface area contributed by atoms with Crippen LogP contribution in [0.1, 0.15) is 5.56 Å². The first-order chi connectivity index (χ1) is 7.78. The number of hydrogen-bond donors (Lipinski definition) is 0. The maximum absolute atomic E-state index is 5.75. The zero-order chi connectivity index (χ0) is 11.4. The summed E-state index contributed by atoms with van der Waals surface area (Å²) >= 11 is 9.06. The molecule has 0 aliphatic carbocycles. The van der Waals surface area contributed by atoms with E-state index in [4.69, 9.17) is 16.3 Å². The number of alkyl halides is 1. The lowest BCUT2D eigenvalue weighted by atomic mass is 10.2. The van der Waals surface area contributed by atoms with Gasteiger partial charge in [-0.05, 0) is 39.7 Å². The van der Waals surface area contributed by atoms with Gasteiger partial charge in [0.1, 0.15) is 5.75 Å². The number of halogens is 2. The maximum Gasteiger partial charge on any atom is 0.219 e. The van der Waals surface area contributed by atoms with E-state index in [0.29, 0.717) is 11.8 Å². The summed E-state index contributed by atoms with van der Waals surface area (Å²) in [5.41, 5.74) is 1.02. The van der Waals surface area contributed by atoms with E-state index >= 15 is 0 Å². The Labute approximate surface area is 107 Å². The van der Waals surface area contributed by atoms with Crippen LogP contribution in [0.3, 0.4) is 0 Å². The normalized spacial score (nSPS) is 10.1. The molecule has 1 aromatic carbocycles. The van der Waals surface area contributed by atoms with Crippen LogP contribution in [0.2, 0.25) is 0 Å². The lowest BCUT2D eigenvalue weighted by molar-refractivity contribution is 0.462. The average molecular weight is 299 g/mol. The molecule has 4 heteroatoms. The Kier molecular flexibility index (Phi) is 3.80. The summed E-state index contributed by atoms with van der Waals surface area (Å²) in [6.07, 6.45) is 1.70. The lowest BCUT2D eigenvalue weighted by Crippen LogP contribution is -1.88. The van der Waals surface area contributed by atoms with Crippen LogP contribution in [-0.4, -0.2) is 4.98 Å². The molecule has 0 aliphatic rings. The van der Waals surface area contributed by atoms with E-state index in [1.54, 1.807) is 12.3 Å². The Morgan fingerprint density at radius 1 is 1.25 bits per heavy atom. The lowest BCUT2D eigenvalue weighted by Gasteiger charge is -2.05. The molecular weight excluding hydrogens is 289 g/mol. The fourth-order valence-corrected chi connectivity index (χ4v) is 1.64. The summed E-state index contributed by atoms with van der Waals surface area (Å²) in [5.74, 6) is 1.79. The van der Waals surface area contributed by atoms with E-state index in [0.717, 1.165) is 15.8 Å². The molecule has 0 atom stereocenters. The Morgan fingerprint density at radius 2 is 2.12 bits per heavy atom. The number of nitrogens with zero attached hydrogens (tertiary/aromatic N) is 1. The van der Waals surface area contributed by atoms with Crippen molar-refractivity contribution in [1.82, 2.24) is 4.98 Å². The van der Waals surface area contributed by atoms with Crippen LogP contribution in [0, 0.1) is 0 Å². The van der Waals surface area contributed by atoms with Crippen molar-refractivity contribution < 1.29 is 4.74 Å². The van der Waals surface area contributed by atoms with Crippen LogP contribution < -0.4 is 4.74 Å². The summed E-state index contributed by atoms with van der Waals surface area (Å²) in [5, 5.41) is 0. The SMILES string of the molecule is ClCc1cccc(Oc2ccc(Br)cn2)c1. The van der Waals surface area contributed by atoms with Crippen LogP contribution in [0.15, 0.2) is 47.1 Å². The van der Waals surface area contributed by atoms with E-state index in [2.05, 4.69) is 20.9 Å². The molecule has 82 valence electrons. The van der Waals surface area contributed by atoms with Gasteiger partial charge in [0.25, 0.3) is 0 Å². The molecule has 1 heterocycles. The van der Waals surface area contributed by atoms with E-state index in [-0.39, 0.29) is 0 Å². The second-order valence-corrected chi connectivity index (χ2v) is 4.38. The first-order valence-electron chi connectivity index (χ1n) is 4.72. The molecule has 16 heavy (non-hydrogen) atoms.